The molecule has 2 atom stereocenters. The van der Waals surface area contributed by atoms with Crippen LogP contribution in [0.2, 0.25) is 0 Å². The Kier molecular flexibility index (Phi) is 6.44. The summed E-state index contributed by atoms with van der Waals surface area (Å²) in [6.45, 7) is 4.24. The van der Waals surface area contributed by atoms with Crippen LogP contribution in [0.15, 0.2) is 67.3 Å². The van der Waals surface area contributed by atoms with Crippen LogP contribution in [0.25, 0.3) is 0 Å². The quantitative estimate of drug-likeness (QED) is 0.626. The van der Waals surface area contributed by atoms with E-state index < -0.39 is 0 Å². The second-order valence-electron chi connectivity index (χ2n) is 7.05. The molecule has 6 nitrogen and oxygen atoms in total. The lowest BCUT2D eigenvalue weighted by Crippen LogP contribution is -2.45. The van der Waals surface area contributed by atoms with E-state index in [0.717, 1.165) is 5.56 Å². The summed E-state index contributed by atoms with van der Waals surface area (Å²) in [5.74, 6) is -1.18. The first-order chi connectivity index (χ1) is 14.0. The fourth-order valence-electron chi connectivity index (χ4n) is 3.67. The molecule has 3 rings (SSSR count). The van der Waals surface area contributed by atoms with E-state index in [9.17, 15) is 14.4 Å². The number of ether oxygens (including phenoxy) is 1. The molecule has 1 aliphatic rings. The summed E-state index contributed by atoms with van der Waals surface area (Å²) in [4.78, 5) is 38.7. The summed E-state index contributed by atoms with van der Waals surface area (Å²) in [5, 5.41) is 2.66. The van der Waals surface area contributed by atoms with Crippen LogP contribution >= 0.6 is 0 Å². The first kappa shape index (κ1) is 20.3. The lowest BCUT2D eigenvalue weighted by atomic mass is 9.84. The molecule has 1 fully saturated rings. The summed E-state index contributed by atoms with van der Waals surface area (Å²) in [6, 6.07) is 16.6. The zero-order valence-electron chi connectivity index (χ0n) is 16.3. The Labute approximate surface area is 170 Å². The summed E-state index contributed by atoms with van der Waals surface area (Å²) in [5.41, 5.74) is 2.05. The van der Waals surface area contributed by atoms with Crippen LogP contribution in [0.1, 0.15) is 28.3 Å². The van der Waals surface area contributed by atoms with Crippen molar-refractivity contribution in [2.45, 2.75) is 12.3 Å². The van der Waals surface area contributed by atoms with Gasteiger partial charge in [0.05, 0.1) is 13.0 Å². The lowest BCUT2D eigenvalue weighted by molar-refractivity contribution is -0.147. The molecule has 2 aromatic rings. The molecule has 0 bridgehead atoms. The minimum absolute atomic E-state index is 0.0432. The fourth-order valence-corrected chi connectivity index (χ4v) is 3.67. The maximum Gasteiger partial charge on any atom is 0.310 e. The number of hydrogen-bond donors (Lipinski definition) is 1. The highest BCUT2D eigenvalue weighted by atomic mass is 16.5. The van der Waals surface area contributed by atoms with Gasteiger partial charge in [-0.15, -0.1) is 0 Å². The molecule has 1 N–H and O–H groups in total. The number of benzene rings is 2. The van der Waals surface area contributed by atoms with Gasteiger partial charge in [-0.2, -0.15) is 0 Å². The van der Waals surface area contributed by atoms with Crippen molar-refractivity contribution in [3.63, 3.8) is 0 Å². The maximum atomic E-state index is 13.2. The number of esters is 1. The van der Waals surface area contributed by atoms with E-state index in [1.54, 1.807) is 29.2 Å². The van der Waals surface area contributed by atoms with Crippen molar-refractivity contribution in [1.82, 2.24) is 4.90 Å². The molecule has 150 valence electrons. The maximum absolute atomic E-state index is 13.2. The molecule has 2 unspecified atom stereocenters. The Morgan fingerprint density at radius 2 is 1.86 bits per heavy atom. The Bertz CT molecular complexity index is 910. The molecule has 0 saturated carbocycles. The van der Waals surface area contributed by atoms with Crippen LogP contribution < -0.4 is 5.32 Å². The van der Waals surface area contributed by atoms with E-state index in [1.807, 2.05) is 30.3 Å². The van der Waals surface area contributed by atoms with E-state index in [2.05, 4.69) is 11.9 Å². The molecule has 29 heavy (non-hydrogen) atoms. The third-order valence-electron chi connectivity index (χ3n) is 5.11. The Morgan fingerprint density at radius 3 is 2.55 bits per heavy atom. The van der Waals surface area contributed by atoms with Crippen molar-refractivity contribution < 1.29 is 19.1 Å². The van der Waals surface area contributed by atoms with Crippen LogP contribution in [-0.2, 0) is 14.3 Å². The van der Waals surface area contributed by atoms with Crippen molar-refractivity contribution in [1.29, 1.82) is 0 Å². The highest BCUT2D eigenvalue weighted by Gasteiger charge is 2.35. The highest BCUT2D eigenvalue weighted by Crippen LogP contribution is 2.32. The number of amides is 2. The molecule has 0 aromatic heterocycles. The van der Waals surface area contributed by atoms with Gasteiger partial charge in [0.25, 0.3) is 5.91 Å². The molecule has 2 aromatic carbocycles. The van der Waals surface area contributed by atoms with Gasteiger partial charge in [-0.05, 0) is 36.3 Å². The number of carbonyl (C=O) groups excluding carboxylic acids is 3. The summed E-state index contributed by atoms with van der Waals surface area (Å²) in [7, 11) is 1.37. The molecule has 0 aliphatic carbocycles. The van der Waals surface area contributed by atoms with Crippen molar-refractivity contribution >= 4 is 23.5 Å². The van der Waals surface area contributed by atoms with Crippen molar-refractivity contribution in [2.24, 2.45) is 5.92 Å². The van der Waals surface area contributed by atoms with Crippen LogP contribution in [0.5, 0.6) is 0 Å². The SMILES string of the molecule is C=CC(=O)Nc1cccc(C(=O)N2CC(C(=O)OC)CC(c3ccccc3)C2)c1. The predicted octanol–water partition coefficient (Wildman–Crippen LogP) is 3.23. The van der Waals surface area contributed by atoms with Crippen LogP contribution in [0.3, 0.4) is 0 Å². The number of piperidine rings is 1. The van der Waals surface area contributed by atoms with Crippen molar-refractivity contribution in [3.05, 3.63) is 78.4 Å². The van der Waals surface area contributed by atoms with Gasteiger partial charge in [-0.3, -0.25) is 14.4 Å². The largest absolute Gasteiger partial charge is 0.469 e. The van der Waals surface area contributed by atoms with Gasteiger partial charge in [-0.25, -0.2) is 0 Å². The minimum Gasteiger partial charge on any atom is -0.469 e. The van der Waals surface area contributed by atoms with Crippen LogP contribution in [0.4, 0.5) is 5.69 Å². The Balaban J connectivity index is 1.84. The lowest BCUT2D eigenvalue weighted by Gasteiger charge is -2.37. The zero-order chi connectivity index (χ0) is 20.8. The second kappa shape index (κ2) is 9.19. The Morgan fingerprint density at radius 1 is 1.10 bits per heavy atom. The molecule has 1 heterocycles. The second-order valence-corrected chi connectivity index (χ2v) is 7.05. The Hall–Kier alpha value is -3.41. The van der Waals surface area contributed by atoms with Gasteiger partial charge < -0.3 is 15.0 Å². The monoisotopic (exact) mass is 392 g/mol. The fraction of sp³-hybridized carbons (Fsp3) is 0.261. The summed E-state index contributed by atoms with van der Waals surface area (Å²) >= 11 is 0. The first-order valence-electron chi connectivity index (χ1n) is 9.47. The molecule has 2 amide bonds. The number of nitrogens with one attached hydrogen (secondary N) is 1. The number of rotatable bonds is 5. The van der Waals surface area contributed by atoms with Gasteiger partial charge in [0.2, 0.25) is 5.91 Å². The van der Waals surface area contributed by atoms with Crippen molar-refractivity contribution in [3.8, 4) is 0 Å². The third-order valence-corrected chi connectivity index (χ3v) is 5.11. The average Bonchev–Trinajstić information content (AvgIpc) is 2.78. The zero-order valence-corrected chi connectivity index (χ0v) is 16.3. The predicted molar refractivity (Wildman–Crippen MR) is 110 cm³/mol. The van der Waals surface area contributed by atoms with E-state index in [1.165, 1.54) is 13.2 Å². The topological polar surface area (TPSA) is 75.7 Å². The van der Waals surface area contributed by atoms with Gasteiger partial charge in [0.15, 0.2) is 0 Å². The summed E-state index contributed by atoms with van der Waals surface area (Å²) < 4.78 is 4.95. The molecule has 1 saturated heterocycles. The van der Waals surface area contributed by atoms with E-state index >= 15 is 0 Å². The molecule has 0 radical (unpaired) electrons. The van der Waals surface area contributed by atoms with Gasteiger partial charge >= 0.3 is 5.97 Å². The number of anilines is 1. The average molecular weight is 392 g/mol. The normalized spacial score (nSPS) is 18.6. The van der Waals surface area contributed by atoms with Gasteiger partial charge in [0.1, 0.15) is 0 Å². The molecular formula is C23H24N2O4. The van der Waals surface area contributed by atoms with E-state index in [0.29, 0.717) is 30.8 Å². The van der Waals surface area contributed by atoms with E-state index in [4.69, 9.17) is 4.74 Å². The van der Waals surface area contributed by atoms with E-state index in [-0.39, 0.29) is 29.6 Å². The number of likely N-dealkylation sites (tertiary alicyclic amines) is 1. The number of hydrogen-bond acceptors (Lipinski definition) is 4. The van der Waals surface area contributed by atoms with Gasteiger partial charge in [-0.1, -0.05) is 43.0 Å². The molecular weight excluding hydrogens is 368 g/mol. The molecule has 6 heteroatoms. The number of nitrogens with zero attached hydrogens (tertiary/aromatic N) is 1. The smallest absolute Gasteiger partial charge is 0.310 e. The first-order valence-corrected chi connectivity index (χ1v) is 9.47. The third kappa shape index (κ3) is 4.90. The molecule has 0 spiro atoms. The van der Waals surface area contributed by atoms with Crippen molar-refractivity contribution in [2.75, 3.05) is 25.5 Å². The number of carbonyl (C=O) groups is 3. The van der Waals surface area contributed by atoms with Crippen LogP contribution in [0, 0.1) is 5.92 Å². The van der Waals surface area contributed by atoms with Crippen LogP contribution in [-0.4, -0.2) is 42.9 Å². The highest BCUT2D eigenvalue weighted by molar-refractivity contribution is 6.01. The van der Waals surface area contributed by atoms with Gasteiger partial charge in [0, 0.05) is 30.3 Å². The minimum atomic E-state index is -0.383. The molecule has 1 aliphatic heterocycles. The number of methoxy groups -OCH3 is 1. The summed E-state index contributed by atoms with van der Waals surface area (Å²) in [6.07, 6.45) is 1.81. The standard InChI is InChI=1S/C23H24N2O4/c1-3-21(26)24-20-11-7-10-17(13-20)22(27)25-14-18(16-8-5-4-6-9-16)12-19(15-25)23(28)29-2/h3-11,13,18-19H,1,12,14-15H2,2H3,(H,24,26).